The number of aliphatic hydroxyl groups is 1. The van der Waals surface area contributed by atoms with Crippen LogP contribution in [0.3, 0.4) is 0 Å². The van der Waals surface area contributed by atoms with Gasteiger partial charge in [0.2, 0.25) is 0 Å². The van der Waals surface area contributed by atoms with Crippen LogP contribution in [0.1, 0.15) is 27.7 Å². The number of nitrogens with one attached hydrogen (secondary N) is 1. The Morgan fingerprint density at radius 1 is 1.55 bits per heavy atom. The van der Waals surface area contributed by atoms with Gasteiger partial charge in [-0.15, -0.1) is 0 Å². The Hall–Kier alpha value is -0.120. The zero-order valence-corrected chi connectivity index (χ0v) is 7.85. The van der Waals surface area contributed by atoms with Crippen molar-refractivity contribution in [2.45, 2.75) is 33.3 Å². The van der Waals surface area contributed by atoms with Crippen molar-refractivity contribution in [3.63, 3.8) is 0 Å². The van der Waals surface area contributed by atoms with Crippen molar-refractivity contribution >= 4 is 0 Å². The molecule has 1 atom stereocenters. The smallest absolute Gasteiger partial charge is 0.0789 e. The normalized spacial score (nSPS) is 16.9. The Morgan fingerprint density at radius 3 is 2.45 bits per heavy atom. The maximum absolute atomic E-state index is 9.68. The molecule has 2 N–H and O–H groups in total. The van der Waals surface area contributed by atoms with E-state index in [1.54, 1.807) is 6.92 Å². The van der Waals surface area contributed by atoms with Crippen molar-refractivity contribution in [3.8, 4) is 0 Å². The topological polar surface area (TPSA) is 41.5 Å². The summed E-state index contributed by atoms with van der Waals surface area (Å²) in [5.41, 5.74) is 2.02. The molecule has 0 aliphatic heterocycles. The van der Waals surface area contributed by atoms with Crippen LogP contribution < -0.4 is 5.48 Å². The van der Waals surface area contributed by atoms with E-state index in [4.69, 9.17) is 4.84 Å². The summed E-state index contributed by atoms with van der Waals surface area (Å²) in [4.78, 5) is 4.91. The molecule has 0 rings (SSSR count). The summed E-state index contributed by atoms with van der Waals surface area (Å²) in [6.45, 7) is 8.74. The molecule has 0 bridgehead atoms. The standard InChI is InChI=1S/C8H19NO2/c1-5-11-9-6-8(4,10)7(2)3/h7,9-10H,5-6H2,1-4H3. The first-order chi connectivity index (χ1) is 5.00. The molecule has 1 unspecified atom stereocenters. The van der Waals surface area contributed by atoms with Crippen LogP contribution >= 0.6 is 0 Å². The molecule has 0 radical (unpaired) electrons. The SMILES string of the molecule is CCONCC(C)(O)C(C)C. The second-order valence-corrected chi connectivity index (χ2v) is 3.27. The average Bonchev–Trinajstić information content (AvgIpc) is 1.88. The number of hydroxylamine groups is 1. The third kappa shape index (κ3) is 4.35. The van der Waals surface area contributed by atoms with Gasteiger partial charge in [0.25, 0.3) is 0 Å². The van der Waals surface area contributed by atoms with Gasteiger partial charge in [0.15, 0.2) is 0 Å². The fourth-order valence-electron chi connectivity index (χ4n) is 0.503. The van der Waals surface area contributed by atoms with Gasteiger partial charge in [-0.05, 0) is 19.8 Å². The number of rotatable bonds is 5. The molecule has 3 nitrogen and oxygen atoms in total. The minimum absolute atomic E-state index is 0.232. The first kappa shape index (κ1) is 10.9. The quantitative estimate of drug-likeness (QED) is 0.465. The number of hydrogen-bond donors (Lipinski definition) is 2. The highest BCUT2D eigenvalue weighted by Crippen LogP contribution is 2.14. The minimum atomic E-state index is -0.685. The Kier molecular flexibility index (Phi) is 4.65. The maximum atomic E-state index is 9.68. The van der Waals surface area contributed by atoms with Crippen molar-refractivity contribution in [2.24, 2.45) is 5.92 Å². The van der Waals surface area contributed by atoms with E-state index in [9.17, 15) is 5.11 Å². The lowest BCUT2D eigenvalue weighted by molar-refractivity contribution is -0.0425. The molecule has 0 amide bonds. The van der Waals surface area contributed by atoms with Crippen LogP contribution in [0, 0.1) is 5.92 Å². The Bertz CT molecular complexity index is 102. The van der Waals surface area contributed by atoms with Crippen molar-refractivity contribution in [2.75, 3.05) is 13.2 Å². The van der Waals surface area contributed by atoms with Gasteiger partial charge in [-0.2, -0.15) is 5.48 Å². The fourth-order valence-corrected chi connectivity index (χ4v) is 0.503. The zero-order chi connectivity index (χ0) is 8.91. The first-order valence-electron chi connectivity index (χ1n) is 4.07. The van der Waals surface area contributed by atoms with Gasteiger partial charge in [-0.3, -0.25) is 0 Å². The zero-order valence-electron chi connectivity index (χ0n) is 7.85. The third-order valence-corrected chi connectivity index (χ3v) is 1.92. The van der Waals surface area contributed by atoms with Crippen molar-refractivity contribution < 1.29 is 9.94 Å². The van der Waals surface area contributed by atoms with E-state index in [1.165, 1.54) is 0 Å². The van der Waals surface area contributed by atoms with Crippen LogP contribution in [0.2, 0.25) is 0 Å². The maximum Gasteiger partial charge on any atom is 0.0789 e. The van der Waals surface area contributed by atoms with E-state index in [0.717, 1.165) is 0 Å². The van der Waals surface area contributed by atoms with E-state index >= 15 is 0 Å². The lowest BCUT2D eigenvalue weighted by Crippen LogP contribution is -2.42. The van der Waals surface area contributed by atoms with E-state index in [2.05, 4.69) is 5.48 Å². The molecule has 0 aromatic heterocycles. The molecule has 0 aromatic carbocycles. The Morgan fingerprint density at radius 2 is 2.09 bits per heavy atom. The van der Waals surface area contributed by atoms with Crippen LogP contribution in [-0.2, 0) is 4.84 Å². The summed E-state index contributed by atoms with van der Waals surface area (Å²) < 4.78 is 0. The summed E-state index contributed by atoms with van der Waals surface area (Å²) in [6.07, 6.45) is 0. The van der Waals surface area contributed by atoms with Crippen molar-refractivity contribution in [1.82, 2.24) is 5.48 Å². The Balaban J connectivity index is 3.55. The summed E-state index contributed by atoms with van der Waals surface area (Å²) in [5.74, 6) is 0.232. The fraction of sp³-hybridized carbons (Fsp3) is 1.00. The predicted octanol–water partition coefficient (Wildman–Crippen LogP) is 0.934. The van der Waals surface area contributed by atoms with Gasteiger partial charge in [0.1, 0.15) is 0 Å². The highest BCUT2D eigenvalue weighted by atomic mass is 16.6. The van der Waals surface area contributed by atoms with E-state index in [-0.39, 0.29) is 5.92 Å². The van der Waals surface area contributed by atoms with Gasteiger partial charge in [-0.1, -0.05) is 13.8 Å². The molecule has 0 saturated heterocycles. The van der Waals surface area contributed by atoms with Gasteiger partial charge < -0.3 is 9.94 Å². The molecular weight excluding hydrogens is 142 g/mol. The summed E-state index contributed by atoms with van der Waals surface area (Å²) in [6, 6.07) is 0. The second kappa shape index (κ2) is 4.70. The molecule has 0 aliphatic rings. The highest BCUT2D eigenvalue weighted by molar-refractivity contribution is 4.76. The van der Waals surface area contributed by atoms with Gasteiger partial charge in [0.05, 0.1) is 12.2 Å². The summed E-state index contributed by atoms with van der Waals surface area (Å²) >= 11 is 0. The van der Waals surface area contributed by atoms with Crippen LogP contribution in [0.4, 0.5) is 0 Å². The minimum Gasteiger partial charge on any atom is -0.388 e. The highest BCUT2D eigenvalue weighted by Gasteiger charge is 2.24. The molecule has 68 valence electrons. The van der Waals surface area contributed by atoms with Crippen molar-refractivity contribution in [1.29, 1.82) is 0 Å². The van der Waals surface area contributed by atoms with Gasteiger partial charge in [-0.25, -0.2) is 0 Å². The summed E-state index contributed by atoms with van der Waals surface area (Å²) in [5, 5.41) is 9.68. The molecule has 0 saturated carbocycles. The molecule has 3 heteroatoms. The third-order valence-electron chi connectivity index (χ3n) is 1.92. The average molecular weight is 161 g/mol. The lowest BCUT2D eigenvalue weighted by Gasteiger charge is -2.27. The Labute approximate surface area is 68.7 Å². The van der Waals surface area contributed by atoms with E-state index in [1.807, 2.05) is 20.8 Å². The molecule has 0 aromatic rings. The molecule has 0 aliphatic carbocycles. The predicted molar refractivity (Wildman–Crippen MR) is 45.1 cm³/mol. The van der Waals surface area contributed by atoms with Crippen LogP contribution in [0.25, 0.3) is 0 Å². The van der Waals surface area contributed by atoms with Gasteiger partial charge in [0, 0.05) is 6.54 Å². The van der Waals surface area contributed by atoms with Crippen molar-refractivity contribution in [3.05, 3.63) is 0 Å². The van der Waals surface area contributed by atoms with Crippen LogP contribution in [-0.4, -0.2) is 23.9 Å². The van der Waals surface area contributed by atoms with E-state index in [0.29, 0.717) is 13.2 Å². The lowest BCUT2D eigenvalue weighted by atomic mass is 9.93. The largest absolute Gasteiger partial charge is 0.388 e. The molecule has 0 heterocycles. The number of hydrogen-bond acceptors (Lipinski definition) is 3. The molecular formula is C8H19NO2. The van der Waals surface area contributed by atoms with E-state index < -0.39 is 5.60 Å². The molecule has 0 fully saturated rings. The summed E-state index contributed by atoms with van der Waals surface area (Å²) in [7, 11) is 0. The second-order valence-electron chi connectivity index (χ2n) is 3.27. The molecule has 0 spiro atoms. The first-order valence-corrected chi connectivity index (χ1v) is 4.07. The van der Waals surface area contributed by atoms with Crippen LogP contribution in [0.5, 0.6) is 0 Å². The monoisotopic (exact) mass is 161 g/mol. The molecule has 11 heavy (non-hydrogen) atoms. The van der Waals surface area contributed by atoms with Gasteiger partial charge >= 0.3 is 0 Å². The van der Waals surface area contributed by atoms with Crippen LogP contribution in [0.15, 0.2) is 0 Å².